The molecular weight excluding hydrogens is 340 g/mol. The van der Waals surface area contributed by atoms with Crippen LogP contribution in [-0.2, 0) is 4.74 Å². The second-order valence-corrected chi connectivity index (χ2v) is 5.40. The molecule has 2 aromatic rings. The molecular formula is C11H8BrClN2O2S. The van der Waals surface area contributed by atoms with Crippen molar-refractivity contribution < 1.29 is 9.53 Å². The van der Waals surface area contributed by atoms with Crippen LogP contribution in [0.15, 0.2) is 28.1 Å². The molecule has 0 atom stereocenters. The average molecular weight is 348 g/mol. The van der Waals surface area contributed by atoms with E-state index in [9.17, 15) is 4.79 Å². The first-order valence-electron chi connectivity index (χ1n) is 4.86. The van der Waals surface area contributed by atoms with Crippen LogP contribution >= 0.6 is 38.9 Å². The van der Waals surface area contributed by atoms with E-state index in [0.717, 1.165) is 10.2 Å². The summed E-state index contributed by atoms with van der Waals surface area (Å²) in [6.07, 6.45) is 0. The van der Waals surface area contributed by atoms with Crippen LogP contribution in [-0.4, -0.2) is 18.1 Å². The van der Waals surface area contributed by atoms with Gasteiger partial charge in [0, 0.05) is 15.5 Å². The van der Waals surface area contributed by atoms with Gasteiger partial charge in [0.25, 0.3) is 0 Å². The number of anilines is 2. The highest BCUT2D eigenvalue weighted by atomic mass is 79.9. The van der Waals surface area contributed by atoms with E-state index in [1.54, 1.807) is 11.4 Å². The summed E-state index contributed by atoms with van der Waals surface area (Å²) < 4.78 is 5.38. The Hall–Kier alpha value is -1.11. The monoisotopic (exact) mass is 346 g/mol. The molecule has 18 heavy (non-hydrogen) atoms. The fourth-order valence-electron chi connectivity index (χ4n) is 1.23. The number of thiazole rings is 1. The number of nitrogens with zero attached hydrogens (tertiary/aromatic N) is 1. The summed E-state index contributed by atoms with van der Waals surface area (Å²) in [7, 11) is 1.32. The largest absolute Gasteiger partial charge is 0.464 e. The van der Waals surface area contributed by atoms with Gasteiger partial charge in [-0.3, -0.25) is 0 Å². The molecule has 0 unspecified atom stereocenters. The van der Waals surface area contributed by atoms with E-state index in [-0.39, 0.29) is 5.69 Å². The van der Waals surface area contributed by atoms with Crippen molar-refractivity contribution in [3.63, 3.8) is 0 Å². The van der Waals surface area contributed by atoms with E-state index in [2.05, 4.69) is 31.0 Å². The van der Waals surface area contributed by atoms with Gasteiger partial charge in [-0.1, -0.05) is 11.6 Å². The van der Waals surface area contributed by atoms with Gasteiger partial charge in [-0.05, 0) is 34.1 Å². The molecule has 0 bridgehead atoms. The van der Waals surface area contributed by atoms with Crippen LogP contribution in [0.3, 0.4) is 0 Å². The third-order valence-electron chi connectivity index (χ3n) is 2.07. The first-order chi connectivity index (χ1) is 8.60. The molecule has 0 saturated heterocycles. The number of hydrogen-bond donors (Lipinski definition) is 1. The Morgan fingerprint density at radius 2 is 2.33 bits per heavy atom. The molecule has 0 radical (unpaired) electrons. The lowest BCUT2D eigenvalue weighted by molar-refractivity contribution is 0.0595. The smallest absolute Gasteiger partial charge is 0.357 e. The van der Waals surface area contributed by atoms with Crippen LogP contribution in [0.25, 0.3) is 0 Å². The molecule has 1 N–H and O–H groups in total. The van der Waals surface area contributed by atoms with Gasteiger partial charge in [0.05, 0.1) is 12.1 Å². The van der Waals surface area contributed by atoms with Crippen LogP contribution in [0, 0.1) is 0 Å². The van der Waals surface area contributed by atoms with Crippen molar-refractivity contribution in [1.82, 2.24) is 4.98 Å². The number of methoxy groups -OCH3 is 1. The number of rotatable bonds is 3. The van der Waals surface area contributed by atoms with E-state index in [1.807, 2.05) is 12.1 Å². The normalized spacial score (nSPS) is 10.2. The molecule has 0 amide bonds. The zero-order valence-corrected chi connectivity index (χ0v) is 12.4. The Kier molecular flexibility index (Phi) is 4.21. The summed E-state index contributed by atoms with van der Waals surface area (Å²) >= 11 is 10.6. The Morgan fingerprint density at radius 3 is 3.00 bits per heavy atom. The highest BCUT2D eigenvalue weighted by Crippen LogP contribution is 2.28. The molecule has 0 aliphatic rings. The van der Waals surface area contributed by atoms with Crippen molar-refractivity contribution in [2.45, 2.75) is 0 Å². The van der Waals surface area contributed by atoms with Crippen LogP contribution in [0.4, 0.5) is 10.8 Å². The van der Waals surface area contributed by atoms with E-state index >= 15 is 0 Å². The summed E-state index contributed by atoms with van der Waals surface area (Å²) in [5.41, 5.74) is 1.12. The maximum atomic E-state index is 11.2. The fraction of sp³-hybridized carbons (Fsp3) is 0.0909. The van der Waals surface area contributed by atoms with E-state index in [0.29, 0.717) is 10.2 Å². The molecule has 1 heterocycles. The topological polar surface area (TPSA) is 51.2 Å². The van der Waals surface area contributed by atoms with Gasteiger partial charge in [-0.15, -0.1) is 11.3 Å². The molecule has 1 aromatic carbocycles. The first kappa shape index (κ1) is 13.3. The Balaban J connectivity index is 2.16. The van der Waals surface area contributed by atoms with Crippen LogP contribution < -0.4 is 5.32 Å². The Morgan fingerprint density at radius 1 is 1.56 bits per heavy atom. The van der Waals surface area contributed by atoms with E-state index < -0.39 is 5.97 Å². The van der Waals surface area contributed by atoms with E-state index in [4.69, 9.17) is 11.6 Å². The molecule has 4 nitrogen and oxygen atoms in total. The van der Waals surface area contributed by atoms with Crippen LogP contribution in [0.2, 0.25) is 5.02 Å². The lowest BCUT2D eigenvalue weighted by atomic mass is 10.3. The number of nitrogens with one attached hydrogen (secondary N) is 1. The lowest BCUT2D eigenvalue weighted by Gasteiger charge is -2.03. The second kappa shape index (κ2) is 5.69. The van der Waals surface area contributed by atoms with Gasteiger partial charge in [0.15, 0.2) is 10.8 Å². The highest BCUT2D eigenvalue weighted by Gasteiger charge is 2.10. The highest BCUT2D eigenvalue weighted by molar-refractivity contribution is 9.10. The van der Waals surface area contributed by atoms with Crippen molar-refractivity contribution in [2.75, 3.05) is 12.4 Å². The van der Waals surface area contributed by atoms with Gasteiger partial charge in [-0.2, -0.15) is 0 Å². The number of carbonyl (C=O) groups excluding carboxylic acids is 1. The number of halogens is 2. The number of aromatic nitrogens is 1. The zero-order chi connectivity index (χ0) is 13.1. The number of hydrogen-bond acceptors (Lipinski definition) is 5. The first-order valence-corrected chi connectivity index (χ1v) is 6.91. The molecule has 7 heteroatoms. The van der Waals surface area contributed by atoms with Gasteiger partial charge < -0.3 is 10.1 Å². The van der Waals surface area contributed by atoms with Crippen LogP contribution in [0.1, 0.15) is 10.5 Å². The minimum atomic E-state index is -0.448. The van der Waals surface area contributed by atoms with Crippen molar-refractivity contribution in [1.29, 1.82) is 0 Å². The predicted molar refractivity (Wildman–Crippen MR) is 75.9 cm³/mol. The summed E-state index contributed by atoms with van der Waals surface area (Å²) in [6, 6.07) is 5.43. The average Bonchev–Trinajstić information content (AvgIpc) is 2.81. The zero-order valence-electron chi connectivity index (χ0n) is 9.24. The van der Waals surface area contributed by atoms with Crippen molar-refractivity contribution in [3.8, 4) is 0 Å². The number of esters is 1. The Labute approximate surface area is 121 Å². The third kappa shape index (κ3) is 3.01. The number of ether oxygens (including phenoxy) is 1. The summed E-state index contributed by atoms with van der Waals surface area (Å²) in [4.78, 5) is 15.4. The maximum Gasteiger partial charge on any atom is 0.357 e. The van der Waals surface area contributed by atoms with Crippen molar-refractivity contribution in [2.24, 2.45) is 0 Å². The summed E-state index contributed by atoms with van der Waals surface area (Å²) in [5, 5.41) is 5.97. The summed E-state index contributed by atoms with van der Waals surface area (Å²) in [5.74, 6) is -0.448. The molecule has 0 spiro atoms. The molecule has 94 valence electrons. The SMILES string of the molecule is COC(=O)c1csc(Nc2ccc(Cl)c(Br)c2)n1. The summed E-state index contributed by atoms with van der Waals surface area (Å²) in [6.45, 7) is 0. The third-order valence-corrected chi connectivity index (χ3v) is 4.04. The minimum Gasteiger partial charge on any atom is -0.464 e. The second-order valence-electron chi connectivity index (χ2n) is 3.28. The van der Waals surface area contributed by atoms with E-state index in [1.165, 1.54) is 18.4 Å². The molecule has 0 saturated carbocycles. The number of carbonyl (C=O) groups is 1. The van der Waals surface area contributed by atoms with Gasteiger partial charge in [0.1, 0.15) is 0 Å². The fourth-order valence-corrected chi connectivity index (χ4v) is 2.42. The maximum absolute atomic E-state index is 11.2. The molecule has 0 aliphatic carbocycles. The van der Waals surface area contributed by atoms with Gasteiger partial charge >= 0.3 is 5.97 Å². The van der Waals surface area contributed by atoms with Gasteiger partial charge in [0.2, 0.25) is 0 Å². The standard InChI is InChI=1S/C11H8BrClN2O2S/c1-17-10(16)9-5-18-11(15-9)14-6-2-3-8(13)7(12)4-6/h2-5H,1H3,(H,14,15). The quantitative estimate of drug-likeness (QED) is 0.850. The number of benzene rings is 1. The Bertz CT molecular complexity index is 588. The molecule has 1 aromatic heterocycles. The predicted octanol–water partition coefficient (Wildman–Crippen LogP) is 4.09. The van der Waals surface area contributed by atoms with Gasteiger partial charge in [-0.25, -0.2) is 9.78 Å². The van der Waals surface area contributed by atoms with Crippen LogP contribution in [0.5, 0.6) is 0 Å². The van der Waals surface area contributed by atoms with Crippen molar-refractivity contribution >= 4 is 55.7 Å². The minimum absolute atomic E-state index is 0.290. The van der Waals surface area contributed by atoms with Crippen molar-refractivity contribution in [3.05, 3.63) is 38.8 Å². The molecule has 0 aliphatic heterocycles. The lowest BCUT2D eigenvalue weighted by Crippen LogP contribution is -2.01. The molecule has 0 fully saturated rings. The molecule has 2 rings (SSSR count).